The third-order valence-electron chi connectivity index (χ3n) is 6.06. The Morgan fingerprint density at radius 1 is 1.19 bits per heavy atom. The van der Waals surface area contributed by atoms with Crippen LogP contribution in [0.25, 0.3) is 0 Å². The number of benzene rings is 2. The summed E-state index contributed by atoms with van der Waals surface area (Å²) in [5.74, 6) is 1.77. The number of ether oxygens (including phenoxy) is 2. The van der Waals surface area contributed by atoms with Crippen molar-refractivity contribution in [2.24, 2.45) is 0 Å². The summed E-state index contributed by atoms with van der Waals surface area (Å²) in [5, 5.41) is 3.88. The molecular weight excluding hydrogens is 394 g/mol. The number of carbonyl (C=O) groups excluding carboxylic acids is 1. The number of morpholine rings is 1. The SMILES string of the molecule is CCc1nc(COc2ccc(C(=O)N3CCOC4(CCc5ccccc54)C3)cc2)no1. The first-order chi connectivity index (χ1) is 15.2. The molecule has 0 bridgehead atoms. The summed E-state index contributed by atoms with van der Waals surface area (Å²) in [6, 6.07) is 15.6. The number of rotatable bonds is 5. The first kappa shape index (κ1) is 19.8. The van der Waals surface area contributed by atoms with Crippen LogP contribution in [-0.2, 0) is 29.8 Å². The number of aryl methyl sites for hydroxylation is 2. The van der Waals surface area contributed by atoms with Crippen molar-refractivity contribution in [3.05, 3.63) is 76.9 Å². The van der Waals surface area contributed by atoms with Crippen molar-refractivity contribution in [3.8, 4) is 5.75 Å². The number of hydrogen-bond acceptors (Lipinski definition) is 6. The zero-order chi connectivity index (χ0) is 21.3. The van der Waals surface area contributed by atoms with E-state index in [1.165, 1.54) is 11.1 Å². The van der Waals surface area contributed by atoms with Crippen LogP contribution in [0.1, 0.15) is 46.5 Å². The van der Waals surface area contributed by atoms with E-state index in [-0.39, 0.29) is 18.1 Å². The van der Waals surface area contributed by atoms with Gasteiger partial charge < -0.3 is 18.9 Å². The second kappa shape index (κ2) is 8.15. The molecule has 31 heavy (non-hydrogen) atoms. The highest BCUT2D eigenvalue weighted by molar-refractivity contribution is 5.94. The van der Waals surface area contributed by atoms with E-state index in [4.69, 9.17) is 14.0 Å². The number of amides is 1. The molecule has 5 rings (SSSR count). The average Bonchev–Trinajstić information content (AvgIpc) is 3.43. The Labute approximate surface area is 181 Å². The largest absolute Gasteiger partial charge is 0.485 e. The Morgan fingerprint density at radius 3 is 2.84 bits per heavy atom. The highest BCUT2D eigenvalue weighted by Gasteiger charge is 2.44. The van der Waals surface area contributed by atoms with E-state index in [0.29, 0.717) is 49.1 Å². The monoisotopic (exact) mass is 419 g/mol. The van der Waals surface area contributed by atoms with Gasteiger partial charge in [-0.25, -0.2) is 0 Å². The van der Waals surface area contributed by atoms with Crippen LogP contribution in [0.4, 0.5) is 0 Å². The summed E-state index contributed by atoms with van der Waals surface area (Å²) in [6.45, 7) is 3.90. The highest BCUT2D eigenvalue weighted by atomic mass is 16.5. The van der Waals surface area contributed by atoms with Crippen molar-refractivity contribution in [2.45, 2.75) is 38.4 Å². The molecule has 7 heteroatoms. The zero-order valence-electron chi connectivity index (χ0n) is 17.5. The smallest absolute Gasteiger partial charge is 0.254 e. The lowest BCUT2D eigenvalue weighted by molar-refractivity contribution is -0.103. The van der Waals surface area contributed by atoms with E-state index >= 15 is 0 Å². The van der Waals surface area contributed by atoms with Gasteiger partial charge in [0.25, 0.3) is 5.91 Å². The van der Waals surface area contributed by atoms with Gasteiger partial charge in [0.05, 0.1) is 13.2 Å². The minimum Gasteiger partial charge on any atom is -0.485 e. The van der Waals surface area contributed by atoms with Crippen LogP contribution in [0, 0.1) is 0 Å². The van der Waals surface area contributed by atoms with Crippen LogP contribution in [0.5, 0.6) is 5.75 Å². The van der Waals surface area contributed by atoms with Gasteiger partial charge in [-0.1, -0.05) is 36.3 Å². The van der Waals surface area contributed by atoms with E-state index < -0.39 is 0 Å². The minimum atomic E-state index is -0.379. The number of aromatic nitrogens is 2. The second-order valence-electron chi connectivity index (χ2n) is 8.00. The van der Waals surface area contributed by atoms with Gasteiger partial charge in [0.1, 0.15) is 11.4 Å². The van der Waals surface area contributed by atoms with Crippen molar-refractivity contribution in [1.82, 2.24) is 15.0 Å². The molecule has 0 radical (unpaired) electrons. The molecular formula is C24H25N3O4. The maximum Gasteiger partial charge on any atom is 0.254 e. The zero-order valence-corrected chi connectivity index (χ0v) is 17.5. The molecule has 2 aliphatic rings. The molecule has 1 amide bonds. The third-order valence-corrected chi connectivity index (χ3v) is 6.06. The van der Waals surface area contributed by atoms with Crippen LogP contribution in [-0.4, -0.2) is 40.6 Å². The molecule has 1 fully saturated rings. The Kier molecular flexibility index (Phi) is 5.19. The number of carbonyl (C=O) groups is 1. The van der Waals surface area contributed by atoms with Crippen LogP contribution in [0.3, 0.4) is 0 Å². The molecule has 1 aromatic heterocycles. The first-order valence-corrected chi connectivity index (χ1v) is 10.7. The fourth-order valence-electron chi connectivity index (χ4n) is 4.44. The van der Waals surface area contributed by atoms with Crippen molar-refractivity contribution in [3.63, 3.8) is 0 Å². The van der Waals surface area contributed by atoms with Gasteiger partial charge in [-0.05, 0) is 48.2 Å². The van der Waals surface area contributed by atoms with E-state index in [2.05, 4.69) is 28.3 Å². The molecule has 160 valence electrons. The summed E-state index contributed by atoms with van der Waals surface area (Å²) in [4.78, 5) is 19.3. The summed E-state index contributed by atoms with van der Waals surface area (Å²) in [7, 11) is 0. The summed E-state index contributed by atoms with van der Waals surface area (Å²) < 4.78 is 17.0. The lowest BCUT2D eigenvalue weighted by Crippen LogP contribution is -2.51. The number of hydrogen-bond donors (Lipinski definition) is 0. The molecule has 7 nitrogen and oxygen atoms in total. The second-order valence-corrected chi connectivity index (χ2v) is 8.00. The van der Waals surface area contributed by atoms with Crippen molar-refractivity contribution in [1.29, 1.82) is 0 Å². The summed E-state index contributed by atoms with van der Waals surface area (Å²) in [5.41, 5.74) is 2.81. The van der Waals surface area contributed by atoms with Gasteiger partial charge in [-0.3, -0.25) is 4.79 Å². The summed E-state index contributed by atoms with van der Waals surface area (Å²) >= 11 is 0. The van der Waals surface area contributed by atoms with Crippen molar-refractivity contribution >= 4 is 5.91 Å². The minimum absolute atomic E-state index is 0.0179. The molecule has 0 saturated carbocycles. The molecule has 1 spiro atoms. The van der Waals surface area contributed by atoms with Crippen molar-refractivity contribution in [2.75, 3.05) is 19.7 Å². The fraction of sp³-hybridized carbons (Fsp3) is 0.375. The fourth-order valence-corrected chi connectivity index (χ4v) is 4.44. The normalized spacial score (nSPS) is 20.1. The Morgan fingerprint density at radius 2 is 2.03 bits per heavy atom. The first-order valence-electron chi connectivity index (χ1n) is 10.7. The third kappa shape index (κ3) is 3.81. The molecule has 1 saturated heterocycles. The maximum atomic E-state index is 13.2. The standard InChI is InChI=1S/C24H25N3O4/c1-2-22-25-21(26-31-22)15-29-19-9-7-18(8-10-19)23(28)27-13-14-30-24(16-27)12-11-17-5-3-4-6-20(17)24/h3-10H,2,11-16H2,1H3. The number of nitrogens with zero attached hydrogens (tertiary/aromatic N) is 3. The molecule has 2 aromatic carbocycles. The van der Waals surface area contributed by atoms with Crippen LogP contribution in [0.15, 0.2) is 53.1 Å². The molecule has 0 N–H and O–H groups in total. The van der Waals surface area contributed by atoms with E-state index in [9.17, 15) is 4.79 Å². The Bertz CT molecular complexity index is 1070. The topological polar surface area (TPSA) is 77.7 Å². The molecule has 1 aliphatic heterocycles. The van der Waals surface area contributed by atoms with Gasteiger partial charge in [0, 0.05) is 18.5 Å². The number of fused-ring (bicyclic) bond motifs is 2. The van der Waals surface area contributed by atoms with Gasteiger partial charge >= 0.3 is 0 Å². The lowest BCUT2D eigenvalue weighted by Gasteiger charge is -2.41. The Balaban J connectivity index is 1.25. The molecule has 3 aromatic rings. The molecule has 1 unspecified atom stereocenters. The van der Waals surface area contributed by atoms with Crippen LogP contribution >= 0.6 is 0 Å². The van der Waals surface area contributed by atoms with Gasteiger partial charge in [0.2, 0.25) is 11.7 Å². The quantitative estimate of drug-likeness (QED) is 0.630. The highest BCUT2D eigenvalue weighted by Crippen LogP contribution is 2.42. The maximum absolute atomic E-state index is 13.2. The Hall–Kier alpha value is -3.19. The van der Waals surface area contributed by atoms with Crippen molar-refractivity contribution < 1.29 is 18.8 Å². The lowest BCUT2D eigenvalue weighted by atomic mass is 9.93. The average molecular weight is 419 g/mol. The van der Waals surface area contributed by atoms with Gasteiger partial charge in [-0.2, -0.15) is 4.98 Å². The molecule has 2 heterocycles. The summed E-state index contributed by atoms with van der Waals surface area (Å²) in [6.07, 6.45) is 2.60. The predicted molar refractivity (Wildman–Crippen MR) is 113 cm³/mol. The predicted octanol–water partition coefficient (Wildman–Crippen LogP) is 3.53. The molecule has 1 atom stereocenters. The van der Waals surface area contributed by atoms with Crippen LogP contribution in [0.2, 0.25) is 0 Å². The van der Waals surface area contributed by atoms with Gasteiger partial charge in [-0.15, -0.1) is 0 Å². The van der Waals surface area contributed by atoms with Crippen LogP contribution < -0.4 is 4.74 Å². The van der Waals surface area contributed by atoms with E-state index in [1.807, 2.05) is 17.9 Å². The van der Waals surface area contributed by atoms with Gasteiger partial charge in [0.15, 0.2) is 6.61 Å². The van der Waals surface area contributed by atoms with E-state index in [0.717, 1.165) is 12.8 Å². The van der Waals surface area contributed by atoms with E-state index in [1.54, 1.807) is 24.3 Å². The molecule has 1 aliphatic carbocycles.